The van der Waals surface area contributed by atoms with Crippen LogP contribution in [0.1, 0.15) is 86.2 Å². The van der Waals surface area contributed by atoms with E-state index in [9.17, 15) is 10.2 Å². The van der Waals surface area contributed by atoms with Crippen molar-refractivity contribution in [2.24, 2.45) is 0 Å². The molecule has 0 unspecified atom stereocenters. The van der Waals surface area contributed by atoms with Crippen molar-refractivity contribution in [3.63, 3.8) is 0 Å². The highest BCUT2D eigenvalue weighted by atomic mass is 16.5. The Balaban J connectivity index is 0.000000140. The molecule has 0 atom stereocenters. The molecule has 6 heterocycles. The number of nitrogens with zero attached hydrogens (tertiary/aromatic N) is 10. The first-order chi connectivity index (χ1) is 29.9. The van der Waals surface area contributed by atoms with Crippen LogP contribution in [0.5, 0.6) is 11.5 Å². The molecule has 4 fully saturated rings. The maximum Gasteiger partial charge on any atom is 0.132 e. The van der Waals surface area contributed by atoms with Gasteiger partial charge in [0, 0.05) is 97.7 Å². The fraction of sp³-hybridized carbons (Fsp3) is 0.478. The highest BCUT2D eigenvalue weighted by Gasteiger charge is 2.26. The molecule has 2 saturated heterocycles. The molecule has 2 saturated carbocycles. The minimum atomic E-state index is -0.0887. The van der Waals surface area contributed by atoms with Crippen LogP contribution in [0.3, 0.4) is 0 Å². The predicted molar refractivity (Wildman–Crippen MR) is 233 cm³/mol. The molecule has 2 aliphatic heterocycles. The van der Waals surface area contributed by atoms with E-state index in [1.807, 2.05) is 44.6 Å². The second-order valence-corrected chi connectivity index (χ2v) is 16.2. The first-order valence-corrected chi connectivity index (χ1v) is 21.6. The zero-order chi connectivity index (χ0) is 42.0. The summed E-state index contributed by atoms with van der Waals surface area (Å²) in [6, 6.07) is 12.1. The minimum absolute atomic E-state index is 0.0887. The smallest absolute Gasteiger partial charge is 0.132 e. The molecule has 10 rings (SSSR count). The number of hydrogen-bond donors (Lipinski definition) is 2. The van der Waals surface area contributed by atoms with E-state index in [-0.39, 0.29) is 18.0 Å². The Bertz CT molecular complexity index is 2340. The lowest BCUT2D eigenvalue weighted by molar-refractivity contribution is 0.122. The average molecular weight is 829 g/mol. The molecule has 2 aromatic carbocycles. The van der Waals surface area contributed by atoms with Gasteiger partial charge in [0.1, 0.15) is 35.8 Å². The molecule has 0 bridgehead atoms. The van der Waals surface area contributed by atoms with Gasteiger partial charge < -0.3 is 34.2 Å². The fourth-order valence-electron chi connectivity index (χ4n) is 8.63. The number of ether oxygens (including phenoxy) is 3. The second kappa shape index (κ2) is 20.3. The highest BCUT2D eigenvalue weighted by molar-refractivity contribution is 5.88. The number of hydrogen-bond acceptors (Lipinski definition) is 15. The zero-order valence-electron chi connectivity index (χ0n) is 35.1. The van der Waals surface area contributed by atoms with E-state index < -0.39 is 0 Å². The van der Waals surface area contributed by atoms with Crippen molar-refractivity contribution >= 4 is 33.2 Å². The molecule has 0 amide bonds. The van der Waals surface area contributed by atoms with Crippen molar-refractivity contribution in [1.82, 2.24) is 39.9 Å². The number of aromatic hydroxyl groups is 1. The summed E-state index contributed by atoms with van der Waals surface area (Å²) in [5.41, 5.74) is 6.12. The number of aryl methyl sites for hydroxylation is 2. The van der Waals surface area contributed by atoms with Crippen LogP contribution in [0, 0.1) is 13.8 Å². The summed E-state index contributed by atoms with van der Waals surface area (Å²) in [5.74, 6) is 3.82. The number of aliphatic hydroxyl groups excluding tert-OH is 1. The van der Waals surface area contributed by atoms with Crippen molar-refractivity contribution in [1.29, 1.82) is 0 Å². The normalized spacial score (nSPS) is 21.8. The van der Waals surface area contributed by atoms with Gasteiger partial charge in [0.15, 0.2) is 0 Å². The fourth-order valence-corrected chi connectivity index (χ4v) is 8.63. The Labute approximate surface area is 356 Å². The Morgan fingerprint density at radius 1 is 0.607 bits per heavy atom. The predicted octanol–water partition coefficient (Wildman–Crippen LogP) is 6.65. The van der Waals surface area contributed by atoms with Crippen LogP contribution < -0.4 is 14.5 Å². The number of aliphatic hydroxyl groups is 1. The topological polar surface area (TPSA) is 178 Å². The summed E-state index contributed by atoms with van der Waals surface area (Å²) in [6.07, 6.45) is 18.5. The Morgan fingerprint density at radius 3 is 1.64 bits per heavy atom. The van der Waals surface area contributed by atoms with E-state index in [0.29, 0.717) is 17.2 Å². The maximum absolute atomic E-state index is 9.94. The Hall–Kier alpha value is -5.64. The molecule has 0 radical (unpaired) electrons. The standard InChI is InChI=1S/C23H27N5O2.C12H13N3O2.C11H16N2O/c1-16-25-7-6-21(27-16)17-2-4-19(5-3-17)30-23-13-18(28-8-10-29-11-9-28)12-22-20(23)14-24-15-26-22;16-12-6-9(15-1-3-17-4-2-15)5-11-10(12)7-13-8-14-11;1-8-12-7-6-11(13-8)9-2-4-10(14)5-3-9/h6-7,12-15,17,19H,2-5,8-11H2,1H3;5-8,16H,1-4H2;6-7,9-10,14H,2-5H2,1H3. The van der Waals surface area contributed by atoms with E-state index in [1.54, 1.807) is 18.6 Å². The number of benzene rings is 2. The molecule has 320 valence electrons. The van der Waals surface area contributed by atoms with Crippen molar-refractivity contribution in [2.75, 3.05) is 62.4 Å². The minimum Gasteiger partial charge on any atom is -0.507 e. The Kier molecular flexibility index (Phi) is 14.0. The number of morpholine rings is 2. The van der Waals surface area contributed by atoms with Gasteiger partial charge in [-0.3, -0.25) is 0 Å². The van der Waals surface area contributed by atoms with E-state index in [1.165, 1.54) is 6.33 Å². The van der Waals surface area contributed by atoms with E-state index in [4.69, 9.17) is 14.2 Å². The summed E-state index contributed by atoms with van der Waals surface area (Å²) in [7, 11) is 0. The third kappa shape index (κ3) is 11.0. The number of rotatable bonds is 6. The number of anilines is 2. The highest BCUT2D eigenvalue weighted by Crippen LogP contribution is 2.37. The third-order valence-electron chi connectivity index (χ3n) is 12.0. The largest absolute Gasteiger partial charge is 0.507 e. The van der Waals surface area contributed by atoms with E-state index >= 15 is 0 Å². The molecular formula is C46H56N10O5. The quantitative estimate of drug-likeness (QED) is 0.182. The van der Waals surface area contributed by atoms with Crippen LogP contribution in [0.4, 0.5) is 11.4 Å². The van der Waals surface area contributed by atoms with Gasteiger partial charge in [-0.2, -0.15) is 0 Å². The molecule has 2 aliphatic carbocycles. The van der Waals surface area contributed by atoms with Gasteiger partial charge in [0.05, 0.1) is 60.4 Å². The van der Waals surface area contributed by atoms with Crippen molar-refractivity contribution in [3.8, 4) is 11.5 Å². The third-order valence-corrected chi connectivity index (χ3v) is 12.0. The molecule has 4 aliphatic rings. The van der Waals surface area contributed by atoms with Gasteiger partial charge in [0.25, 0.3) is 0 Å². The van der Waals surface area contributed by atoms with Crippen LogP contribution in [0.15, 0.2) is 73.8 Å². The first kappa shape index (κ1) is 42.1. The monoisotopic (exact) mass is 828 g/mol. The first-order valence-electron chi connectivity index (χ1n) is 21.6. The van der Waals surface area contributed by atoms with Gasteiger partial charge in [-0.15, -0.1) is 0 Å². The Morgan fingerprint density at radius 2 is 1.10 bits per heavy atom. The number of phenols is 1. The van der Waals surface area contributed by atoms with E-state index in [2.05, 4.69) is 67.9 Å². The van der Waals surface area contributed by atoms with Crippen LogP contribution >= 0.6 is 0 Å². The van der Waals surface area contributed by atoms with Crippen molar-refractivity contribution in [3.05, 3.63) is 96.9 Å². The SMILES string of the molecule is Cc1nccc(C2CCC(O)CC2)n1.Cc1nccc(C2CCC(Oc3cc(N4CCOCC4)cc4ncncc34)CC2)n1.Oc1cc(N2CCOCC2)cc2ncncc12. The molecule has 2 N–H and O–H groups in total. The van der Waals surface area contributed by atoms with E-state index in [0.717, 1.165) is 161 Å². The lowest BCUT2D eigenvalue weighted by Gasteiger charge is -2.31. The van der Waals surface area contributed by atoms with Gasteiger partial charge >= 0.3 is 0 Å². The number of fused-ring (bicyclic) bond motifs is 2. The van der Waals surface area contributed by atoms with Crippen LogP contribution in [0.2, 0.25) is 0 Å². The summed E-state index contributed by atoms with van der Waals surface area (Å²) in [5, 5.41) is 21.0. The molecular weight excluding hydrogens is 773 g/mol. The van der Waals surface area contributed by atoms with Crippen molar-refractivity contribution < 1.29 is 24.4 Å². The lowest BCUT2D eigenvalue weighted by Crippen LogP contribution is -2.36. The second-order valence-electron chi connectivity index (χ2n) is 16.2. The van der Waals surface area contributed by atoms with Crippen LogP contribution in [-0.2, 0) is 9.47 Å². The summed E-state index contributed by atoms with van der Waals surface area (Å²) < 4.78 is 17.4. The molecule has 15 heteroatoms. The average Bonchev–Trinajstić information content (AvgIpc) is 3.30. The van der Waals surface area contributed by atoms with Gasteiger partial charge in [0.2, 0.25) is 0 Å². The maximum atomic E-state index is 9.94. The molecule has 6 aromatic rings. The molecule has 0 spiro atoms. The molecule has 15 nitrogen and oxygen atoms in total. The van der Waals surface area contributed by atoms with Gasteiger partial charge in [-0.1, -0.05) is 0 Å². The summed E-state index contributed by atoms with van der Waals surface area (Å²) in [4.78, 5) is 38.7. The van der Waals surface area contributed by atoms with Crippen molar-refractivity contribution in [2.45, 2.75) is 89.3 Å². The lowest BCUT2D eigenvalue weighted by atomic mass is 9.85. The molecule has 4 aromatic heterocycles. The number of aromatic nitrogens is 8. The van der Waals surface area contributed by atoms with Crippen LogP contribution in [0.25, 0.3) is 21.8 Å². The molecule has 61 heavy (non-hydrogen) atoms. The summed E-state index contributed by atoms with van der Waals surface area (Å²) >= 11 is 0. The van der Waals surface area contributed by atoms with Gasteiger partial charge in [-0.05, 0) is 89.5 Å². The zero-order valence-corrected chi connectivity index (χ0v) is 35.1. The van der Waals surface area contributed by atoms with Crippen LogP contribution in [-0.4, -0.2) is 115 Å². The summed E-state index contributed by atoms with van der Waals surface area (Å²) in [6.45, 7) is 10.3. The van der Waals surface area contributed by atoms with Gasteiger partial charge in [-0.25, -0.2) is 39.9 Å². The number of phenolic OH excluding ortho intramolecular Hbond substituents is 1.